The monoisotopic (exact) mass is 1240 g/mol. The summed E-state index contributed by atoms with van der Waals surface area (Å²) in [6.07, 6.45) is 100. The molecule has 0 rings (SSSR count). The lowest BCUT2D eigenvalue weighted by Crippen LogP contribution is -2.45. The average molecular weight is 1240 g/mol. The number of nitrogens with one attached hydrogen (secondary N) is 1. The topological polar surface area (TPSA) is 95.9 Å². The minimum Gasteiger partial charge on any atom is -0.466 e. The van der Waals surface area contributed by atoms with Gasteiger partial charge in [0.25, 0.3) is 0 Å². The molecule has 1 amide bonds. The molecule has 0 aliphatic heterocycles. The van der Waals surface area contributed by atoms with Crippen LogP contribution in [0, 0.1) is 0 Å². The molecule has 0 aliphatic carbocycles. The molecule has 0 radical (unpaired) electrons. The van der Waals surface area contributed by atoms with E-state index in [9.17, 15) is 19.8 Å². The van der Waals surface area contributed by atoms with Crippen LogP contribution in [0.1, 0.15) is 463 Å². The fourth-order valence-corrected chi connectivity index (χ4v) is 13.0. The molecule has 6 nitrogen and oxygen atoms in total. The highest BCUT2D eigenvalue weighted by Crippen LogP contribution is 2.20. The second-order valence-electron chi connectivity index (χ2n) is 28.1. The van der Waals surface area contributed by atoms with Crippen molar-refractivity contribution in [3.05, 3.63) is 24.3 Å². The third-order valence-electron chi connectivity index (χ3n) is 19.2. The first-order valence-corrected chi connectivity index (χ1v) is 40.6. The quantitative estimate of drug-likeness (QED) is 0.0320. The number of amides is 1. The summed E-state index contributed by atoms with van der Waals surface area (Å²) in [4.78, 5) is 24.6. The summed E-state index contributed by atoms with van der Waals surface area (Å²) in [7, 11) is 0. The van der Waals surface area contributed by atoms with Crippen molar-refractivity contribution < 1.29 is 24.5 Å². The molecule has 0 heterocycles. The van der Waals surface area contributed by atoms with Crippen molar-refractivity contribution >= 4 is 11.9 Å². The van der Waals surface area contributed by atoms with Crippen LogP contribution < -0.4 is 5.32 Å². The van der Waals surface area contributed by atoms with Gasteiger partial charge in [-0.2, -0.15) is 0 Å². The van der Waals surface area contributed by atoms with E-state index in [0.29, 0.717) is 19.4 Å². The number of rotatable bonds is 77. The third-order valence-corrected chi connectivity index (χ3v) is 19.2. The Balaban J connectivity index is 3.37. The van der Waals surface area contributed by atoms with Gasteiger partial charge in [-0.25, -0.2) is 0 Å². The number of aliphatic hydroxyl groups excluding tert-OH is 2. The molecule has 0 spiro atoms. The van der Waals surface area contributed by atoms with E-state index in [1.165, 1.54) is 398 Å². The molecule has 0 saturated carbocycles. The molecular formula is C82H159NO5. The first-order chi connectivity index (χ1) is 43.5. The van der Waals surface area contributed by atoms with Gasteiger partial charge in [-0.15, -0.1) is 0 Å². The molecule has 0 bridgehead atoms. The number of unbranched alkanes of at least 4 members (excludes halogenated alkanes) is 64. The minimum absolute atomic E-state index is 0.0218. The molecular weight excluding hydrogens is 1080 g/mol. The fraction of sp³-hybridized carbons (Fsp3) is 0.927. The highest BCUT2D eigenvalue weighted by Gasteiger charge is 2.18. The first kappa shape index (κ1) is 86.3. The number of hydrogen-bond acceptors (Lipinski definition) is 5. The summed E-state index contributed by atoms with van der Waals surface area (Å²) in [5, 5.41) is 23.3. The maximum atomic E-state index is 12.6. The Kier molecular flexibility index (Phi) is 76.3. The number of carbonyl (C=O) groups excluding carboxylic acids is 2. The zero-order valence-electron chi connectivity index (χ0n) is 60.0. The summed E-state index contributed by atoms with van der Waals surface area (Å²) >= 11 is 0. The molecule has 88 heavy (non-hydrogen) atoms. The molecule has 0 aromatic carbocycles. The van der Waals surface area contributed by atoms with Gasteiger partial charge in [-0.3, -0.25) is 9.59 Å². The van der Waals surface area contributed by atoms with E-state index in [4.69, 9.17) is 4.74 Å². The van der Waals surface area contributed by atoms with Gasteiger partial charge in [-0.05, 0) is 57.8 Å². The Morgan fingerprint density at radius 3 is 0.807 bits per heavy atom. The Labute approximate surface area is 551 Å². The van der Waals surface area contributed by atoms with Gasteiger partial charge in [0.2, 0.25) is 5.91 Å². The largest absolute Gasteiger partial charge is 0.466 e. The van der Waals surface area contributed by atoms with Crippen LogP contribution in [-0.2, 0) is 14.3 Å². The SMILES string of the molecule is CCCCCCCCCCCCCCCCCCCCCCCC/C=C/C(O)C(CO)NC(=O)CCCCCCCCCCCCCCCCCCC/C=C\CCCCCCCCCCCCCCOC(=O)CCCCCCCCCCCCCCCC. The van der Waals surface area contributed by atoms with Crippen molar-refractivity contribution in [3.63, 3.8) is 0 Å². The first-order valence-electron chi connectivity index (χ1n) is 40.6. The van der Waals surface area contributed by atoms with E-state index in [2.05, 4.69) is 31.3 Å². The van der Waals surface area contributed by atoms with Gasteiger partial charge in [0.1, 0.15) is 0 Å². The number of hydrogen-bond donors (Lipinski definition) is 3. The highest BCUT2D eigenvalue weighted by atomic mass is 16.5. The van der Waals surface area contributed by atoms with Crippen LogP contribution in [-0.4, -0.2) is 47.4 Å². The number of aliphatic hydroxyl groups is 2. The maximum Gasteiger partial charge on any atom is 0.305 e. The second-order valence-corrected chi connectivity index (χ2v) is 28.1. The van der Waals surface area contributed by atoms with Crippen LogP contribution in [0.25, 0.3) is 0 Å². The van der Waals surface area contributed by atoms with E-state index in [0.717, 1.165) is 38.5 Å². The highest BCUT2D eigenvalue weighted by molar-refractivity contribution is 5.76. The standard InChI is InChI=1S/C82H159NO5/c1-3-5-7-9-11-13-15-17-19-20-21-22-23-35-38-41-44-47-50-54-58-62-66-70-74-80(85)79(78-84)83-81(86)75-71-67-63-59-55-51-48-45-42-39-36-33-31-29-27-25-24-26-28-30-32-34-37-40-43-46-49-53-57-61-65-69-73-77-88-82(87)76-72-68-64-60-56-52-18-16-14-12-10-8-6-4-2/h28,30,70,74,79-80,84-85H,3-27,29,31-69,71-73,75-78H2,1-2H3,(H,83,86)/b30-28-,74-70+. The van der Waals surface area contributed by atoms with Gasteiger partial charge < -0.3 is 20.3 Å². The van der Waals surface area contributed by atoms with Crippen molar-refractivity contribution in [1.29, 1.82) is 0 Å². The van der Waals surface area contributed by atoms with Crippen molar-refractivity contribution in [2.75, 3.05) is 13.2 Å². The molecule has 522 valence electrons. The summed E-state index contributed by atoms with van der Waals surface area (Å²) in [5.41, 5.74) is 0. The predicted molar refractivity (Wildman–Crippen MR) is 389 cm³/mol. The van der Waals surface area contributed by atoms with Crippen LogP contribution in [0.3, 0.4) is 0 Å². The van der Waals surface area contributed by atoms with Crippen molar-refractivity contribution in [2.45, 2.75) is 475 Å². The van der Waals surface area contributed by atoms with Gasteiger partial charge in [0.15, 0.2) is 0 Å². The zero-order chi connectivity index (χ0) is 63.5. The van der Waals surface area contributed by atoms with Gasteiger partial charge in [0.05, 0.1) is 25.4 Å². The summed E-state index contributed by atoms with van der Waals surface area (Å²) < 4.78 is 5.50. The maximum absolute atomic E-state index is 12.6. The summed E-state index contributed by atoms with van der Waals surface area (Å²) in [6, 6.07) is -0.627. The Morgan fingerprint density at radius 1 is 0.307 bits per heavy atom. The fourth-order valence-electron chi connectivity index (χ4n) is 13.0. The predicted octanol–water partition coefficient (Wildman–Crippen LogP) is 26.8. The van der Waals surface area contributed by atoms with E-state index in [1.54, 1.807) is 6.08 Å². The van der Waals surface area contributed by atoms with Crippen molar-refractivity contribution in [1.82, 2.24) is 5.32 Å². The van der Waals surface area contributed by atoms with Gasteiger partial charge >= 0.3 is 5.97 Å². The van der Waals surface area contributed by atoms with Crippen molar-refractivity contribution in [2.24, 2.45) is 0 Å². The molecule has 0 fully saturated rings. The van der Waals surface area contributed by atoms with Crippen LogP contribution >= 0.6 is 0 Å². The Bertz CT molecular complexity index is 1380. The lowest BCUT2D eigenvalue weighted by molar-refractivity contribution is -0.143. The molecule has 0 aromatic rings. The molecule has 2 atom stereocenters. The van der Waals surface area contributed by atoms with Crippen LogP contribution in [0.15, 0.2) is 24.3 Å². The Hall–Kier alpha value is -1.66. The number of ether oxygens (including phenoxy) is 1. The molecule has 3 N–H and O–H groups in total. The second kappa shape index (κ2) is 77.8. The van der Waals surface area contributed by atoms with E-state index in [-0.39, 0.29) is 18.5 Å². The summed E-state index contributed by atoms with van der Waals surface area (Å²) in [5.74, 6) is -0.0376. The number of carbonyl (C=O) groups is 2. The minimum atomic E-state index is -0.844. The van der Waals surface area contributed by atoms with Gasteiger partial charge in [-0.1, -0.05) is 417 Å². The summed E-state index contributed by atoms with van der Waals surface area (Å²) in [6.45, 7) is 4.96. The molecule has 0 saturated heterocycles. The van der Waals surface area contributed by atoms with E-state index in [1.807, 2.05) is 6.08 Å². The molecule has 0 aromatic heterocycles. The zero-order valence-corrected chi connectivity index (χ0v) is 60.0. The third kappa shape index (κ3) is 73.4. The van der Waals surface area contributed by atoms with Crippen LogP contribution in [0.2, 0.25) is 0 Å². The Morgan fingerprint density at radius 2 is 0.534 bits per heavy atom. The van der Waals surface area contributed by atoms with Gasteiger partial charge in [0, 0.05) is 12.8 Å². The molecule has 2 unspecified atom stereocenters. The van der Waals surface area contributed by atoms with Crippen LogP contribution in [0.5, 0.6) is 0 Å². The van der Waals surface area contributed by atoms with E-state index < -0.39 is 12.1 Å². The smallest absolute Gasteiger partial charge is 0.305 e. The van der Waals surface area contributed by atoms with Crippen molar-refractivity contribution in [3.8, 4) is 0 Å². The molecule has 6 heteroatoms. The lowest BCUT2D eigenvalue weighted by Gasteiger charge is -2.20. The van der Waals surface area contributed by atoms with E-state index >= 15 is 0 Å². The number of esters is 1. The number of allylic oxidation sites excluding steroid dienone is 3. The average Bonchev–Trinajstić information content (AvgIpc) is 3.58. The lowest BCUT2D eigenvalue weighted by atomic mass is 10.0. The molecule has 0 aliphatic rings. The normalized spacial score (nSPS) is 12.5. The van der Waals surface area contributed by atoms with Crippen LogP contribution in [0.4, 0.5) is 0 Å².